The zero-order valence-corrected chi connectivity index (χ0v) is 20.6. The summed E-state index contributed by atoms with van der Waals surface area (Å²) in [4.78, 5) is 14.5. The summed E-state index contributed by atoms with van der Waals surface area (Å²) in [5.41, 5.74) is 1.33. The van der Waals surface area contributed by atoms with Crippen molar-refractivity contribution in [1.29, 1.82) is 0 Å². The van der Waals surface area contributed by atoms with Crippen LogP contribution < -0.4 is 10.1 Å². The van der Waals surface area contributed by atoms with Gasteiger partial charge in [0.2, 0.25) is 15.9 Å². The Morgan fingerprint density at radius 3 is 2.56 bits per heavy atom. The van der Waals surface area contributed by atoms with Crippen molar-refractivity contribution in [1.82, 2.24) is 14.5 Å². The van der Waals surface area contributed by atoms with Crippen LogP contribution in [0.5, 0.6) is 5.75 Å². The molecule has 1 fully saturated rings. The number of rotatable bonds is 9. The molecule has 0 spiro atoms. The van der Waals surface area contributed by atoms with Gasteiger partial charge in [-0.25, -0.2) is 12.8 Å². The Labute approximate surface area is 201 Å². The summed E-state index contributed by atoms with van der Waals surface area (Å²) in [5.74, 6) is -0.388. The van der Waals surface area contributed by atoms with Crippen molar-refractivity contribution < 1.29 is 22.3 Å². The highest BCUT2D eigenvalue weighted by atomic mass is 32.2. The maximum Gasteiger partial charge on any atom is 0.246 e. The van der Waals surface area contributed by atoms with Crippen LogP contribution in [0.25, 0.3) is 6.08 Å². The molecular formula is C25H32FN3O4S. The van der Waals surface area contributed by atoms with E-state index in [9.17, 15) is 17.6 Å². The summed E-state index contributed by atoms with van der Waals surface area (Å²) in [7, 11) is 1.47. The molecule has 1 unspecified atom stereocenters. The molecule has 2 aromatic rings. The quantitative estimate of drug-likeness (QED) is 0.546. The molecular weight excluding hydrogens is 457 g/mol. The van der Waals surface area contributed by atoms with Gasteiger partial charge in [-0.2, -0.15) is 4.31 Å². The number of hydrogen-bond acceptors (Lipinski definition) is 5. The third kappa shape index (κ3) is 6.43. The molecule has 1 amide bonds. The maximum atomic E-state index is 13.6. The first-order valence-electron chi connectivity index (χ1n) is 11.3. The number of hydrogen-bond donors (Lipinski definition) is 1. The van der Waals surface area contributed by atoms with Crippen LogP contribution in [0.4, 0.5) is 4.39 Å². The second kappa shape index (κ2) is 11.6. The summed E-state index contributed by atoms with van der Waals surface area (Å²) in [6.07, 6.45) is 5.62. The van der Waals surface area contributed by atoms with E-state index in [-0.39, 0.29) is 35.0 Å². The average Bonchev–Trinajstić information content (AvgIpc) is 2.83. The zero-order chi connectivity index (χ0) is 24.7. The molecule has 1 N–H and O–H groups in total. The smallest absolute Gasteiger partial charge is 0.246 e. The number of sulfonamides is 1. The van der Waals surface area contributed by atoms with Crippen molar-refractivity contribution >= 4 is 22.0 Å². The molecule has 3 rings (SSSR count). The minimum atomic E-state index is -3.69. The van der Waals surface area contributed by atoms with Gasteiger partial charge in [0.1, 0.15) is 16.5 Å². The van der Waals surface area contributed by atoms with Crippen molar-refractivity contribution in [2.45, 2.75) is 30.2 Å². The molecule has 9 heteroatoms. The lowest BCUT2D eigenvalue weighted by atomic mass is 10.1. The molecule has 1 heterocycles. The van der Waals surface area contributed by atoms with Crippen molar-refractivity contribution in [2.75, 3.05) is 40.8 Å². The molecule has 0 radical (unpaired) electrons. The molecule has 1 saturated heterocycles. The Hall–Kier alpha value is -2.75. The lowest BCUT2D eigenvalue weighted by molar-refractivity contribution is -0.116. The van der Waals surface area contributed by atoms with Gasteiger partial charge in [-0.05, 0) is 68.4 Å². The van der Waals surface area contributed by atoms with E-state index in [4.69, 9.17) is 4.74 Å². The van der Waals surface area contributed by atoms with Crippen LogP contribution in [0, 0.1) is 5.82 Å². The highest BCUT2D eigenvalue weighted by molar-refractivity contribution is 7.89. The SMILES string of the molecule is COc1ccc(/C=C/C(=O)NCC(c2cccc(F)c2)N(C)C)cc1S(=O)(=O)N1CCCCC1. The van der Waals surface area contributed by atoms with E-state index in [1.807, 2.05) is 25.1 Å². The topological polar surface area (TPSA) is 79.0 Å². The molecule has 0 aromatic heterocycles. The molecule has 1 atom stereocenters. The highest BCUT2D eigenvalue weighted by Crippen LogP contribution is 2.30. The number of ether oxygens (including phenoxy) is 1. The van der Waals surface area contributed by atoms with E-state index in [1.54, 1.807) is 24.3 Å². The van der Waals surface area contributed by atoms with Crippen molar-refractivity contribution in [3.05, 3.63) is 65.5 Å². The lowest BCUT2D eigenvalue weighted by Gasteiger charge is -2.26. The van der Waals surface area contributed by atoms with Crippen molar-refractivity contribution in [3.8, 4) is 5.75 Å². The van der Waals surface area contributed by atoms with E-state index >= 15 is 0 Å². The Morgan fingerprint density at radius 2 is 1.91 bits per heavy atom. The number of carbonyl (C=O) groups is 1. The third-order valence-corrected chi connectivity index (χ3v) is 7.79. The fourth-order valence-corrected chi connectivity index (χ4v) is 5.69. The predicted molar refractivity (Wildman–Crippen MR) is 130 cm³/mol. The number of nitrogens with one attached hydrogen (secondary N) is 1. The van der Waals surface area contributed by atoms with Gasteiger partial charge in [-0.3, -0.25) is 4.79 Å². The number of methoxy groups -OCH3 is 1. The first-order chi connectivity index (χ1) is 16.2. The van der Waals surface area contributed by atoms with Crippen LogP contribution in [0.2, 0.25) is 0 Å². The minimum Gasteiger partial charge on any atom is -0.495 e. The van der Waals surface area contributed by atoms with Gasteiger partial charge in [0, 0.05) is 25.7 Å². The predicted octanol–water partition coefficient (Wildman–Crippen LogP) is 3.44. The summed E-state index contributed by atoms with van der Waals surface area (Å²) in [6, 6.07) is 10.9. The van der Waals surface area contributed by atoms with Crippen molar-refractivity contribution in [3.63, 3.8) is 0 Å². The molecule has 184 valence electrons. The second-order valence-electron chi connectivity index (χ2n) is 8.49. The van der Waals surface area contributed by atoms with Crippen LogP contribution in [-0.4, -0.2) is 64.4 Å². The van der Waals surface area contributed by atoms with E-state index in [0.29, 0.717) is 18.7 Å². The number of amides is 1. The number of carbonyl (C=O) groups excluding carboxylic acids is 1. The number of nitrogens with zero attached hydrogens (tertiary/aromatic N) is 2. The summed E-state index contributed by atoms with van der Waals surface area (Å²) >= 11 is 0. The lowest BCUT2D eigenvalue weighted by Crippen LogP contribution is -2.35. The van der Waals surface area contributed by atoms with Crippen LogP contribution in [0.15, 0.2) is 53.4 Å². The Bertz CT molecular complexity index is 1130. The number of halogens is 1. The van der Waals surface area contributed by atoms with Crippen LogP contribution in [0.3, 0.4) is 0 Å². The fraction of sp³-hybridized carbons (Fsp3) is 0.400. The van der Waals surface area contributed by atoms with E-state index in [0.717, 1.165) is 24.8 Å². The van der Waals surface area contributed by atoms with Crippen LogP contribution in [-0.2, 0) is 14.8 Å². The Kier molecular flexibility index (Phi) is 8.82. The molecule has 0 aliphatic carbocycles. The van der Waals surface area contributed by atoms with Gasteiger partial charge in [-0.15, -0.1) is 0 Å². The number of likely N-dealkylation sites (N-methyl/N-ethyl adjacent to an activating group) is 1. The number of benzene rings is 2. The molecule has 34 heavy (non-hydrogen) atoms. The van der Waals surface area contributed by atoms with Gasteiger partial charge in [0.05, 0.1) is 13.2 Å². The van der Waals surface area contributed by atoms with Gasteiger partial charge < -0.3 is 15.0 Å². The second-order valence-corrected chi connectivity index (χ2v) is 10.4. The van der Waals surface area contributed by atoms with Gasteiger partial charge in [0.25, 0.3) is 0 Å². The maximum absolute atomic E-state index is 13.6. The van der Waals surface area contributed by atoms with E-state index < -0.39 is 10.0 Å². The Morgan fingerprint density at radius 1 is 1.18 bits per heavy atom. The first kappa shape index (κ1) is 25.9. The van der Waals surface area contributed by atoms with E-state index in [1.165, 1.54) is 35.7 Å². The average molecular weight is 490 g/mol. The van der Waals surface area contributed by atoms with Crippen LogP contribution >= 0.6 is 0 Å². The largest absolute Gasteiger partial charge is 0.495 e. The van der Waals surface area contributed by atoms with Gasteiger partial charge >= 0.3 is 0 Å². The Balaban J connectivity index is 1.72. The molecule has 1 aliphatic rings. The minimum absolute atomic E-state index is 0.0956. The summed E-state index contributed by atoms with van der Waals surface area (Å²) in [6.45, 7) is 1.27. The standard InChI is InChI=1S/C25H32FN3O4S/c1-28(2)22(20-8-7-9-21(26)17-20)18-27-25(30)13-11-19-10-12-23(33-3)24(16-19)34(31,32)29-14-5-4-6-15-29/h7-13,16-17,22H,4-6,14-15,18H2,1-3H3,(H,27,30)/b13-11+. The molecule has 0 bridgehead atoms. The fourth-order valence-electron chi connectivity index (χ4n) is 3.98. The summed E-state index contributed by atoms with van der Waals surface area (Å²) < 4.78 is 46.7. The monoisotopic (exact) mass is 489 g/mol. The molecule has 0 saturated carbocycles. The molecule has 2 aromatic carbocycles. The molecule has 1 aliphatic heterocycles. The van der Waals surface area contributed by atoms with Crippen LogP contribution in [0.1, 0.15) is 36.4 Å². The van der Waals surface area contributed by atoms with Crippen molar-refractivity contribution in [2.24, 2.45) is 0 Å². The zero-order valence-electron chi connectivity index (χ0n) is 19.8. The third-order valence-electron chi connectivity index (χ3n) is 5.87. The highest BCUT2D eigenvalue weighted by Gasteiger charge is 2.29. The normalized spacial score (nSPS) is 16.0. The van der Waals surface area contributed by atoms with E-state index in [2.05, 4.69) is 5.32 Å². The molecule has 7 nitrogen and oxygen atoms in total. The summed E-state index contributed by atoms with van der Waals surface area (Å²) in [5, 5.41) is 2.83. The first-order valence-corrected chi connectivity index (χ1v) is 12.7. The van der Waals surface area contributed by atoms with Gasteiger partial charge in [-0.1, -0.05) is 24.6 Å². The van der Waals surface area contributed by atoms with Gasteiger partial charge in [0.15, 0.2) is 0 Å². The number of piperidine rings is 1.